The Morgan fingerprint density at radius 3 is 2.45 bits per heavy atom. The van der Waals surface area contributed by atoms with Gasteiger partial charge in [-0.25, -0.2) is 0 Å². The highest BCUT2D eigenvalue weighted by Gasteiger charge is 2.54. The monoisotopic (exact) mass is 295 g/mol. The smallest absolute Gasteiger partial charge is 0.231 e. The molecule has 1 aliphatic rings. The first-order valence-corrected chi connectivity index (χ1v) is 9.17. The molecule has 0 N–H and O–H groups in total. The fourth-order valence-electron chi connectivity index (χ4n) is 3.29. The third-order valence-electron chi connectivity index (χ3n) is 4.87. The summed E-state index contributed by atoms with van der Waals surface area (Å²) in [5.41, 5.74) is 0.234. The van der Waals surface area contributed by atoms with Crippen molar-refractivity contribution < 1.29 is 9.09 Å². The average molecular weight is 295 g/mol. The van der Waals surface area contributed by atoms with Crippen LogP contribution in [0.25, 0.3) is 0 Å². The number of hydrogen-bond donors (Lipinski definition) is 0. The topological polar surface area (TPSA) is 29.5 Å². The second-order valence-corrected chi connectivity index (χ2v) is 8.65. The van der Waals surface area contributed by atoms with Crippen LogP contribution in [0.4, 0.5) is 0 Å². The third kappa shape index (κ3) is 2.86. The molecule has 0 amide bonds. The summed E-state index contributed by atoms with van der Waals surface area (Å²) in [6.45, 7) is 2.24. The van der Waals surface area contributed by atoms with Gasteiger partial charge in [-0.15, -0.1) is 0 Å². The molecule has 3 nitrogen and oxygen atoms in total. The molecule has 1 unspecified atom stereocenters. The molecule has 0 radical (unpaired) electrons. The first-order valence-electron chi connectivity index (χ1n) is 7.36. The number of hydrogen-bond acceptors (Lipinski definition) is 3. The molecule has 1 aromatic carbocycles. The minimum Gasteiger partial charge on any atom is -0.329 e. The van der Waals surface area contributed by atoms with Crippen molar-refractivity contribution in [3.8, 4) is 0 Å². The summed E-state index contributed by atoms with van der Waals surface area (Å²) in [5, 5.41) is 0.838. The summed E-state index contributed by atoms with van der Waals surface area (Å²) in [4.78, 5) is 2.31. The van der Waals surface area contributed by atoms with E-state index in [4.69, 9.17) is 4.52 Å². The van der Waals surface area contributed by atoms with Gasteiger partial charge in [0.05, 0.1) is 0 Å². The van der Waals surface area contributed by atoms with Gasteiger partial charge in [-0.1, -0.05) is 31.5 Å². The largest absolute Gasteiger partial charge is 0.329 e. The van der Waals surface area contributed by atoms with Crippen molar-refractivity contribution in [3.63, 3.8) is 0 Å². The number of rotatable bonds is 7. The minimum absolute atomic E-state index is 0.234. The molecule has 1 aliphatic carbocycles. The Morgan fingerprint density at radius 1 is 1.35 bits per heavy atom. The third-order valence-corrected chi connectivity index (χ3v) is 7.35. The van der Waals surface area contributed by atoms with Gasteiger partial charge in [0.25, 0.3) is 0 Å². The lowest BCUT2D eigenvalue weighted by molar-refractivity contribution is 0.239. The van der Waals surface area contributed by atoms with E-state index in [2.05, 4.69) is 25.9 Å². The van der Waals surface area contributed by atoms with Crippen LogP contribution >= 0.6 is 7.37 Å². The molecule has 4 heteroatoms. The van der Waals surface area contributed by atoms with Crippen LogP contribution in [0.1, 0.15) is 26.2 Å². The summed E-state index contributed by atoms with van der Waals surface area (Å²) in [6.07, 6.45) is 3.98. The van der Waals surface area contributed by atoms with Crippen molar-refractivity contribution >= 4 is 12.7 Å². The minimum atomic E-state index is -2.71. The van der Waals surface area contributed by atoms with Crippen molar-refractivity contribution in [2.24, 2.45) is 5.92 Å². The molecule has 112 valence electrons. The van der Waals surface area contributed by atoms with Gasteiger partial charge in [0.15, 0.2) is 0 Å². The molecular weight excluding hydrogens is 269 g/mol. The molecule has 20 heavy (non-hydrogen) atoms. The summed E-state index contributed by atoms with van der Waals surface area (Å²) in [7, 11) is 3.13. The van der Waals surface area contributed by atoms with Crippen LogP contribution in [0, 0.1) is 5.92 Å². The lowest BCUT2D eigenvalue weighted by atomic mass is 10.1. The van der Waals surface area contributed by atoms with Crippen molar-refractivity contribution in [2.75, 3.05) is 27.4 Å². The van der Waals surface area contributed by atoms with Gasteiger partial charge in [0.2, 0.25) is 7.37 Å². The molecular formula is C16H26NO2P. The van der Waals surface area contributed by atoms with Crippen molar-refractivity contribution in [2.45, 2.75) is 31.7 Å². The molecule has 1 aromatic rings. The lowest BCUT2D eigenvalue weighted by Crippen LogP contribution is -2.33. The van der Waals surface area contributed by atoms with Gasteiger partial charge >= 0.3 is 0 Å². The van der Waals surface area contributed by atoms with E-state index in [9.17, 15) is 4.57 Å². The second kappa shape index (κ2) is 6.01. The quantitative estimate of drug-likeness (QED) is 0.722. The predicted octanol–water partition coefficient (Wildman–Crippen LogP) is 3.36. The first kappa shape index (κ1) is 15.8. The molecule has 0 aromatic heterocycles. The van der Waals surface area contributed by atoms with E-state index in [1.807, 2.05) is 30.3 Å². The van der Waals surface area contributed by atoms with Crippen LogP contribution in [0.15, 0.2) is 30.3 Å². The standard InChI is InChI=1S/C16H26NO2P/c1-5-14-13-16(14,17(2)3)11-12-20(18,19-4)15-9-7-6-8-10-15/h6-10,14H,5,11-13H2,1-4H3/t14-,16-,20?/m1/s1. The van der Waals surface area contributed by atoms with E-state index in [0.29, 0.717) is 6.16 Å². The maximum atomic E-state index is 13.0. The normalized spacial score (nSPS) is 28.4. The Morgan fingerprint density at radius 2 is 2.00 bits per heavy atom. The summed E-state index contributed by atoms with van der Waals surface area (Å²) < 4.78 is 18.5. The van der Waals surface area contributed by atoms with E-state index < -0.39 is 7.37 Å². The Bertz CT molecular complexity index is 489. The van der Waals surface area contributed by atoms with Crippen LogP contribution in [0.2, 0.25) is 0 Å². The van der Waals surface area contributed by atoms with E-state index in [0.717, 1.165) is 17.6 Å². The van der Waals surface area contributed by atoms with E-state index >= 15 is 0 Å². The van der Waals surface area contributed by atoms with Gasteiger partial charge in [0, 0.05) is 24.1 Å². The van der Waals surface area contributed by atoms with Crippen LogP contribution in [0.5, 0.6) is 0 Å². The van der Waals surface area contributed by atoms with E-state index in [1.165, 1.54) is 12.8 Å². The SMILES string of the molecule is CC[C@@H]1C[C@@]1(CCP(=O)(OC)c1ccccc1)N(C)C. The van der Waals surface area contributed by atoms with Gasteiger partial charge in [-0.3, -0.25) is 4.57 Å². The molecule has 0 saturated heterocycles. The number of nitrogens with zero attached hydrogens (tertiary/aromatic N) is 1. The Hall–Kier alpha value is -0.630. The van der Waals surface area contributed by atoms with Crippen molar-refractivity contribution in [1.82, 2.24) is 4.90 Å². The van der Waals surface area contributed by atoms with Gasteiger partial charge in [0.1, 0.15) is 0 Å². The lowest BCUT2D eigenvalue weighted by Gasteiger charge is -2.27. The molecule has 0 heterocycles. The first-order chi connectivity index (χ1) is 9.48. The molecule has 0 aliphatic heterocycles. The zero-order valence-corrected chi connectivity index (χ0v) is 13.9. The molecule has 0 spiro atoms. The molecule has 0 bridgehead atoms. The van der Waals surface area contributed by atoms with E-state index in [-0.39, 0.29) is 5.54 Å². The highest BCUT2D eigenvalue weighted by atomic mass is 31.2. The Balaban J connectivity index is 2.10. The molecule has 3 atom stereocenters. The second-order valence-electron chi connectivity index (χ2n) is 5.97. The highest BCUT2D eigenvalue weighted by Crippen LogP contribution is 2.56. The molecule has 1 fully saturated rings. The van der Waals surface area contributed by atoms with Crippen molar-refractivity contribution in [3.05, 3.63) is 30.3 Å². The Kier molecular flexibility index (Phi) is 4.73. The van der Waals surface area contributed by atoms with Gasteiger partial charge < -0.3 is 9.42 Å². The predicted molar refractivity (Wildman–Crippen MR) is 85.0 cm³/mol. The fraction of sp³-hybridized carbons (Fsp3) is 0.625. The summed E-state index contributed by atoms with van der Waals surface area (Å²) >= 11 is 0. The zero-order valence-electron chi connectivity index (χ0n) is 13.0. The van der Waals surface area contributed by atoms with Gasteiger partial charge in [-0.2, -0.15) is 0 Å². The average Bonchev–Trinajstić information content (AvgIpc) is 3.21. The summed E-state index contributed by atoms with van der Waals surface area (Å²) in [5.74, 6) is 0.735. The Labute approximate surface area is 122 Å². The highest BCUT2D eigenvalue weighted by molar-refractivity contribution is 7.66. The maximum Gasteiger partial charge on any atom is 0.231 e. The maximum absolute atomic E-state index is 13.0. The summed E-state index contributed by atoms with van der Waals surface area (Å²) in [6, 6.07) is 9.62. The van der Waals surface area contributed by atoms with Crippen LogP contribution in [-0.4, -0.2) is 37.8 Å². The van der Waals surface area contributed by atoms with Crippen molar-refractivity contribution in [1.29, 1.82) is 0 Å². The molecule has 1 saturated carbocycles. The number of benzene rings is 1. The van der Waals surface area contributed by atoms with Crippen LogP contribution in [0.3, 0.4) is 0 Å². The fourth-order valence-corrected chi connectivity index (χ4v) is 5.25. The van der Waals surface area contributed by atoms with E-state index in [1.54, 1.807) is 7.11 Å². The van der Waals surface area contributed by atoms with Crippen LogP contribution in [-0.2, 0) is 9.09 Å². The molecule has 2 rings (SSSR count). The zero-order chi connectivity index (χ0) is 14.8. The van der Waals surface area contributed by atoms with Crippen LogP contribution < -0.4 is 5.30 Å². The van der Waals surface area contributed by atoms with Gasteiger partial charge in [-0.05, 0) is 45.0 Å².